The molecule has 0 bridgehead atoms. The summed E-state index contributed by atoms with van der Waals surface area (Å²) in [4.78, 5) is 6.95. The highest BCUT2D eigenvalue weighted by Crippen LogP contribution is 2.49. The van der Waals surface area contributed by atoms with Crippen LogP contribution in [-0.2, 0) is 16.2 Å². The number of fused-ring (bicyclic) bond motifs is 3. The zero-order valence-corrected chi connectivity index (χ0v) is 46.9. The van der Waals surface area contributed by atoms with Gasteiger partial charge in [0.2, 0.25) is 21.4 Å². The van der Waals surface area contributed by atoms with Gasteiger partial charge in [0, 0.05) is 118 Å². The minimum Gasteiger partial charge on any atom is -0.347 e. The zero-order chi connectivity index (χ0) is 55.7. The molecule has 0 fully saturated rings. The van der Waals surface area contributed by atoms with Crippen LogP contribution in [-0.4, -0.2) is 31.3 Å². The van der Waals surface area contributed by atoms with Gasteiger partial charge in [-0.15, -0.1) is 20.5 Å². The fraction of sp³-hybridized carbons (Fsp3) is 0.207. The number of rotatable bonds is 9. The summed E-state index contributed by atoms with van der Waals surface area (Å²) in [6.45, 7) is 13.8. The van der Waals surface area contributed by atoms with Crippen LogP contribution < -0.4 is 61.3 Å². The predicted octanol–water partition coefficient (Wildman–Crippen LogP) is 3.03. The monoisotopic (exact) mass is 1110 g/mol. The lowest BCUT2D eigenvalue weighted by Gasteiger charge is -2.23. The van der Waals surface area contributed by atoms with E-state index in [-0.39, 0.29) is 16.2 Å². The Morgan fingerprint density at radius 1 is 0.442 bits per heavy atom. The lowest BCUT2D eigenvalue weighted by Crippen LogP contribution is -2.68. The van der Waals surface area contributed by atoms with Crippen molar-refractivity contribution in [2.45, 2.75) is 57.8 Å². The van der Waals surface area contributed by atoms with Gasteiger partial charge < -0.3 is 14.7 Å². The first-order valence-electron chi connectivity index (χ1n) is 24.2. The molecule has 0 saturated carbocycles. The average Bonchev–Trinajstić information content (AvgIpc) is 4.18. The first kappa shape index (κ1) is 56.5. The largest absolute Gasteiger partial charge is 0.347 e. The van der Waals surface area contributed by atoms with Crippen molar-refractivity contribution in [1.29, 1.82) is 0 Å². The van der Waals surface area contributed by atoms with Gasteiger partial charge in [0.15, 0.2) is 0 Å². The summed E-state index contributed by atoms with van der Waals surface area (Å²) >= 11 is 3.35. The average molecular weight is 1120 g/mol. The highest BCUT2D eigenvalue weighted by atomic mass is 35.7. The molecule has 3 aliphatic heterocycles. The van der Waals surface area contributed by atoms with Crippen molar-refractivity contribution in [3.8, 4) is 11.4 Å². The molecule has 0 radical (unpaired) electrons. The van der Waals surface area contributed by atoms with Crippen LogP contribution in [0.2, 0.25) is 0 Å². The third-order valence-corrected chi connectivity index (χ3v) is 15.9. The van der Waals surface area contributed by atoms with Crippen LogP contribution in [0, 0.1) is 20.5 Å². The van der Waals surface area contributed by atoms with Crippen LogP contribution in [0.3, 0.4) is 0 Å². The summed E-state index contributed by atoms with van der Waals surface area (Å²) < 4.78 is 72.1. The molecule has 10 rings (SSSR count). The van der Waals surface area contributed by atoms with Crippen LogP contribution in [0.4, 0.5) is 17.1 Å². The van der Waals surface area contributed by atoms with Crippen LogP contribution in [0.25, 0.3) is 29.1 Å². The summed E-state index contributed by atoms with van der Waals surface area (Å²) in [6.07, 6.45) is 17.8. The summed E-state index contributed by atoms with van der Waals surface area (Å²) in [5, 5.41) is 14.7. The molecule has 0 saturated heterocycles. The third-order valence-electron chi connectivity index (χ3n) is 13.9. The van der Waals surface area contributed by atoms with Crippen LogP contribution in [0.1, 0.15) is 78.3 Å². The number of hydrogen-bond donors (Lipinski definition) is 0. The molecule has 7 aromatic rings. The van der Waals surface area contributed by atoms with Crippen molar-refractivity contribution < 1.29 is 67.1 Å². The molecule has 5 heterocycles. The van der Waals surface area contributed by atoms with Crippen molar-refractivity contribution in [2.75, 3.05) is 35.8 Å². The lowest BCUT2D eigenvalue weighted by atomic mass is 9.83. The Labute approximate surface area is 460 Å². The van der Waals surface area contributed by atoms with Crippen molar-refractivity contribution >= 4 is 57.5 Å². The van der Waals surface area contributed by atoms with Crippen LogP contribution in [0.15, 0.2) is 187 Å². The van der Waals surface area contributed by atoms with E-state index >= 15 is 0 Å². The van der Waals surface area contributed by atoms with Crippen molar-refractivity contribution in [1.82, 2.24) is 10.2 Å². The maximum absolute atomic E-state index is 8.49. The van der Waals surface area contributed by atoms with Gasteiger partial charge in [-0.2, -0.15) is 0 Å². The Balaban J connectivity index is 0.000000720. The van der Waals surface area contributed by atoms with E-state index in [1.54, 1.807) is 22.7 Å². The Bertz CT molecular complexity index is 3270. The van der Waals surface area contributed by atoms with Gasteiger partial charge in [0.1, 0.15) is 0 Å². The smallest absolute Gasteiger partial charge is 0.296 e. The third kappa shape index (κ3) is 12.4. The van der Waals surface area contributed by atoms with E-state index in [4.69, 9.17) is 47.5 Å². The number of aromatic nitrogens is 4. The minimum atomic E-state index is -4.94. The Hall–Kier alpha value is -6.68. The van der Waals surface area contributed by atoms with E-state index in [9.17, 15) is 0 Å². The minimum absolute atomic E-state index is 0.135. The summed E-state index contributed by atoms with van der Waals surface area (Å²) in [7, 11) is -3.39. The molecule has 5 aromatic carbocycles. The van der Waals surface area contributed by atoms with E-state index in [1.807, 2.05) is 0 Å². The maximum Gasteiger partial charge on any atom is 0.296 e. The molecular formula is C58H57Cl2N7O8S2. The molecule has 0 atom stereocenters. The highest BCUT2D eigenvalue weighted by Gasteiger charge is 2.40. The number of anilines is 3. The number of likely N-dealkylation sites (N-methyl/N-ethyl adjacent to an activating group) is 3. The Morgan fingerprint density at radius 2 is 0.727 bits per heavy atom. The van der Waals surface area contributed by atoms with E-state index in [0.29, 0.717) is 0 Å². The Morgan fingerprint density at radius 3 is 1.04 bits per heavy atom. The molecule has 77 heavy (non-hydrogen) atoms. The molecule has 0 aliphatic carbocycles. The summed E-state index contributed by atoms with van der Waals surface area (Å²) in [6, 6.07) is 47.0. The fourth-order valence-electron chi connectivity index (χ4n) is 10.3. The predicted molar refractivity (Wildman–Crippen MR) is 280 cm³/mol. The second-order valence-corrected chi connectivity index (χ2v) is 23.3. The van der Waals surface area contributed by atoms with Gasteiger partial charge in [-0.1, -0.05) is 145 Å². The molecule has 0 unspecified atom stereocenters. The number of hydrogen-bond acceptors (Lipinski definition) is 15. The number of nitrogens with zero attached hydrogens (tertiary/aromatic N) is 7. The van der Waals surface area contributed by atoms with Crippen molar-refractivity contribution in [3.05, 3.63) is 224 Å². The second kappa shape index (κ2) is 22.4. The molecule has 2 aromatic heterocycles. The first-order valence-corrected chi connectivity index (χ1v) is 28.3. The second-order valence-electron chi connectivity index (χ2n) is 19.8. The summed E-state index contributed by atoms with van der Waals surface area (Å²) in [5.41, 5.74) is 13.8. The van der Waals surface area contributed by atoms with Crippen LogP contribution in [0.5, 0.6) is 0 Å². The molecule has 0 amide bonds. The van der Waals surface area contributed by atoms with Gasteiger partial charge in [-0.05, 0) is 91.2 Å². The number of benzene rings is 5. The maximum atomic E-state index is 8.49. The molecule has 19 heteroatoms. The van der Waals surface area contributed by atoms with E-state index in [2.05, 4.69) is 269 Å². The lowest BCUT2D eigenvalue weighted by molar-refractivity contribution is -2.00. The van der Waals surface area contributed by atoms with Crippen molar-refractivity contribution in [2.24, 2.45) is 0 Å². The van der Waals surface area contributed by atoms with Crippen molar-refractivity contribution in [3.63, 3.8) is 0 Å². The molecule has 3 aliphatic rings. The van der Waals surface area contributed by atoms with Gasteiger partial charge in [0.25, 0.3) is 10.0 Å². The first-order chi connectivity index (χ1) is 36.3. The standard InChI is InChI=1S/C58H57N7S2.2ClHO4/c1-56(2)43-28-16-19-31-46(43)61(7)49(56)34-22-36-52-64(40-24-12-10-13-25-40)59-54(66-52)42(38-39-51-58(5,6)45-30-18-21-33-48(45)63(51)9)55-60-65(41-26-14-11-15-27-41)53(67-55)37-23-35-50-57(3,4)44-29-17-20-32-47(44)62(50)8;2*2-1(3,4)5/h10-39H,1-9H3;2*(H,2,3,4,5)/q+2;;/p-2/b51-39+;;. The van der Waals surface area contributed by atoms with E-state index < -0.39 is 20.5 Å². The Kier molecular flexibility index (Phi) is 16.4. The van der Waals surface area contributed by atoms with Gasteiger partial charge in [-0.25, -0.2) is 37.3 Å². The molecule has 15 nitrogen and oxygen atoms in total. The van der Waals surface area contributed by atoms with E-state index in [1.165, 1.54) is 50.8 Å². The number of para-hydroxylation sites is 5. The number of allylic oxidation sites excluding steroid dienone is 9. The molecule has 0 N–H and O–H groups in total. The topological polar surface area (TPSA) is 228 Å². The molecular weight excluding hydrogens is 1060 g/mol. The zero-order valence-electron chi connectivity index (χ0n) is 43.8. The van der Waals surface area contributed by atoms with Crippen LogP contribution >= 0.6 is 22.7 Å². The number of halogens is 2. The van der Waals surface area contributed by atoms with Gasteiger partial charge >= 0.3 is 0 Å². The highest BCUT2D eigenvalue weighted by molar-refractivity contribution is 7.15. The fourth-order valence-corrected chi connectivity index (χ4v) is 12.3. The quantitative estimate of drug-likeness (QED) is 0.190. The normalized spacial score (nSPS) is 17.6. The van der Waals surface area contributed by atoms with Gasteiger partial charge in [-0.3, -0.25) is 0 Å². The summed E-state index contributed by atoms with van der Waals surface area (Å²) in [5.74, 6) is 0. The van der Waals surface area contributed by atoms with Gasteiger partial charge in [0.05, 0.1) is 5.57 Å². The SMILES string of the molecule is CN1/C(=C\C=C\c2sc(C(=C/C=C3/N(C)c4ccccc4C3(C)C)c3n[n+](-c4ccccc4)c(/C=C/C=C4\N(C)c5ccccc5C4(C)C)s3)n[n+]2-c2ccccc2)C(C)(C)c2ccccc21.[O-][Cl+3]([O-])([O-])[O-].[O-][Cl+3]([O-])([O-])[O-]. The molecule has 398 valence electrons. The van der Waals surface area contributed by atoms with E-state index in [0.717, 1.165) is 37.0 Å². The molecule has 0 spiro atoms.